The Morgan fingerprint density at radius 3 is 2.43 bits per heavy atom. The van der Waals surface area contributed by atoms with Crippen LogP contribution >= 0.6 is 0 Å². The molecule has 0 unspecified atom stereocenters. The maximum Gasteiger partial charge on any atom is 0.119 e. The normalized spacial score (nSPS) is 13.9. The van der Waals surface area contributed by atoms with Gasteiger partial charge < -0.3 is 15.6 Å². The molecule has 120 valence electrons. The first-order valence-electron chi connectivity index (χ1n) is 7.75. The van der Waals surface area contributed by atoms with E-state index in [9.17, 15) is 4.39 Å². The standard InChI is InChI=1S/C17H28FNO2/c1-17(19,14-20)11-10-15-6-8-16(9-7-15)21-13-5-3-2-4-12-18/h6-9,20H,2-5,10-14,19H2,1H3/t17-/m1/s1. The number of unbranched alkanes of at least 4 members (excludes halogenated alkanes) is 3. The summed E-state index contributed by atoms with van der Waals surface area (Å²) in [5, 5.41) is 9.12. The van der Waals surface area contributed by atoms with E-state index in [4.69, 9.17) is 15.6 Å². The molecule has 0 radical (unpaired) electrons. The number of hydrogen-bond acceptors (Lipinski definition) is 3. The summed E-state index contributed by atoms with van der Waals surface area (Å²) in [5.74, 6) is 0.863. The van der Waals surface area contributed by atoms with Crippen LogP contribution in [0.3, 0.4) is 0 Å². The van der Waals surface area contributed by atoms with Gasteiger partial charge in [0.1, 0.15) is 5.75 Å². The van der Waals surface area contributed by atoms with Crippen LogP contribution in [-0.4, -0.2) is 30.5 Å². The molecule has 0 aliphatic rings. The van der Waals surface area contributed by atoms with Gasteiger partial charge in [0.15, 0.2) is 0 Å². The minimum Gasteiger partial charge on any atom is -0.494 e. The summed E-state index contributed by atoms with van der Waals surface area (Å²) < 4.78 is 17.6. The topological polar surface area (TPSA) is 55.5 Å². The average molecular weight is 297 g/mol. The third-order valence-electron chi connectivity index (χ3n) is 3.57. The number of aliphatic hydroxyl groups excluding tert-OH is 1. The van der Waals surface area contributed by atoms with E-state index in [1.54, 1.807) is 0 Å². The second kappa shape index (κ2) is 9.74. The Balaban J connectivity index is 2.24. The fraction of sp³-hybridized carbons (Fsp3) is 0.647. The van der Waals surface area contributed by atoms with E-state index in [0.29, 0.717) is 13.0 Å². The number of aryl methyl sites for hydroxylation is 1. The van der Waals surface area contributed by atoms with Crippen molar-refractivity contribution in [1.29, 1.82) is 0 Å². The lowest BCUT2D eigenvalue weighted by Gasteiger charge is -2.21. The maximum absolute atomic E-state index is 11.9. The molecule has 1 aromatic rings. The van der Waals surface area contributed by atoms with Crippen LogP contribution in [-0.2, 0) is 6.42 Å². The largest absolute Gasteiger partial charge is 0.494 e. The van der Waals surface area contributed by atoms with E-state index in [1.165, 1.54) is 5.56 Å². The van der Waals surface area contributed by atoms with Crippen molar-refractivity contribution in [3.8, 4) is 5.75 Å². The van der Waals surface area contributed by atoms with E-state index >= 15 is 0 Å². The molecule has 0 amide bonds. The molecule has 0 heterocycles. The first-order valence-corrected chi connectivity index (χ1v) is 7.75. The summed E-state index contributed by atoms with van der Waals surface area (Å²) in [6.45, 7) is 2.31. The van der Waals surface area contributed by atoms with Gasteiger partial charge in [0, 0.05) is 5.54 Å². The van der Waals surface area contributed by atoms with Gasteiger partial charge in [0.05, 0.1) is 19.9 Å². The summed E-state index contributed by atoms with van der Waals surface area (Å²) in [5.41, 5.74) is 6.58. The highest BCUT2D eigenvalue weighted by atomic mass is 19.1. The van der Waals surface area contributed by atoms with Gasteiger partial charge >= 0.3 is 0 Å². The summed E-state index contributed by atoms with van der Waals surface area (Å²) >= 11 is 0. The van der Waals surface area contributed by atoms with Crippen LogP contribution < -0.4 is 10.5 Å². The van der Waals surface area contributed by atoms with Crippen molar-refractivity contribution in [2.75, 3.05) is 19.9 Å². The predicted molar refractivity (Wildman–Crippen MR) is 84.4 cm³/mol. The van der Waals surface area contributed by atoms with Gasteiger partial charge in [-0.1, -0.05) is 18.6 Å². The van der Waals surface area contributed by atoms with Gasteiger partial charge in [-0.3, -0.25) is 4.39 Å². The van der Waals surface area contributed by atoms with Gasteiger partial charge in [-0.25, -0.2) is 0 Å². The Morgan fingerprint density at radius 1 is 1.14 bits per heavy atom. The highest BCUT2D eigenvalue weighted by Crippen LogP contribution is 2.16. The summed E-state index contributed by atoms with van der Waals surface area (Å²) in [7, 11) is 0. The third-order valence-corrected chi connectivity index (χ3v) is 3.57. The fourth-order valence-electron chi connectivity index (χ4n) is 2.00. The second-order valence-electron chi connectivity index (χ2n) is 5.91. The predicted octanol–water partition coefficient (Wildman–Crippen LogP) is 3.24. The molecule has 0 aliphatic heterocycles. The van der Waals surface area contributed by atoms with Gasteiger partial charge in [-0.05, 0) is 56.7 Å². The zero-order valence-corrected chi connectivity index (χ0v) is 13.0. The Morgan fingerprint density at radius 2 is 1.81 bits per heavy atom. The van der Waals surface area contributed by atoms with Crippen LogP contribution in [0.15, 0.2) is 24.3 Å². The molecule has 3 N–H and O–H groups in total. The van der Waals surface area contributed by atoms with E-state index < -0.39 is 5.54 Å². The van der Waals surface area contributed by atoms with Crippen molar-refractivity contribution in [1.82, 2.24) is 0 Å². The summed E-state index contributed by atoms with van der Waals surface area (Å²) in [6, 6.07) is 7.99. The highest BCUT2D eigenvalue weighted by Gasteiger charge is 2.16. The SMILES string of the molecule is C[C@](N)(CO)CCc1ccc(OCCCCCCF)cc1. The quantitative estimate of drug-likeness (QED) is 0.617. The van der Waals surface area contributed by atoms with Gasteiger partial charge in [0.25, 0.3) is 0 Å². The molecule has 1 rings (SSSR count). The molecule has 0 saturated heterocycles. The molecule has 0 bridgehead atoms. The molecule has 0 fully saturated rings. The lowest BCUT2D eigenvalue weighted by Crippen LogP contribution is -2.40. The van der Waals surface area contributed by atoms with Crippen molar-refractivity contribution in [2.24, 2.45) is 5.73 Å². The Labute approximate surface area is 127 Å². The Hall–Kier alpha value is -1.13. The number of benzene rings is 1. The van der Waals surface area contributed by atoms with E-state index in [0.717, 1.165) is 37.9 Å². The molecule has 0 aliphatic carbocycles. The van der Waals surface area contributed by atoms with Crippen LogP contribution in [0.25, 0.3) is 0 Å². The smallest absolute Gasteiger partial charge is 0.119 e. The van der Waals surface area contributed by atoms with Crippen LogP contribution in [0.5, 0.6) is 5.75 Å². The summed E-state index contributed by atoms with van der Waals surface area (Å²) in [4.78, 5) is 0. The first-order chi connectivity index (χ1) is 10.1. The molecular weight excluding hydrogens is 269 g/mol. The molecule has 4 heteroatoms. The molecule has 1 aromatic carbocycles. The number of aliphatic hydroxyl groups is 1. The molecule has 3 nitrogen and oxygen atoms in total. The number of nitrogens with two attached hydrogens (primary N) is 1. The number of rotatable bonds is 11. The summed E-state index contributed by atoms with van der Waals surface area (Å²) in [6.07, 6.45) is 5.15. The second-order valence-corrected chi connectivity index (χ2v) is 5.91. The number of halogens is 1. The van der Waals surface area contributed by atoms with Gasteiger partial charge in [0.2, 0.25) is 0 Å². The minimum absolute atomic E-state index is 0.00337. The van der Waals surface area contributed by atoms with Crippen LogP contribution in [0, 0.1) is 0 Å². The van der Waals surface area contributed by atoms with E-state index in [1.807, 2.05) is 31.2 Å². The fourth-order valence-corrected chi connectivity index (χ4v) is 2.00. The Kier molecular flexibility index (Phi) is 8.31. The van der Waals surface area contributed by atoms with E-state index in [2.05, 4.69) is 0 Å². The first kappa shape index (κ1) is 17.9. The van der Waals surface area contributed by atoms with Crippen LogP contribution in [0.1, 0.15) is 44.6 Å². The Bertz CT molecular complexity index is 379. The van der Waals surface area contributed by atoms with Gasteiger partial charge in [-0.2, -0.15) is 0 Å². The van der Waals surface area contributed by atoms with Gasteiger partial charge in [-0.15, -0.1) is 0 Å². The minimum atomic E-state index is -0.519. The molecular formula is C17H28FNO2. The van der Waals surface area contributed by atoms with Crippen molar-refractivity contribution in [3.05, 3.63) is 29.8 Å². The lowest BCUT2D eigenvalue weighted by molar-refractivity contribution is 0.200. The third kappa shape index (κ3) is 8.02. The van der Waals surface area contributed by atoms with Crippen LogP contribution in [0.4, 0.5) is 4.39 Å². The molecule has 0 saturated carbocycles. The average Bonchev–Trinajstić information content (AvgIpc) is 2.50. The number of hydrogen-bond donors (Lipinski definition) is 2. The zero-order valence-electron chi connectivity index (χ0n) is 13.0. The maximum atomic E-state index is 11.9. The van der Waals surface area contributed by atoms with Crippen molar-refractivity contribution in [3.63, 3.8) is 0 Å². The molecule has 0 spiro atoms. The van der Waals surface area contributed by atoms with Crippen molar-refractivity contribution >= 4 is 0 Å². The van der Waals surface area contributed by atoms with Crippen molar-refractivity contribution < 1.29 is 14.2 Å². The highest BCUT2D eigenvalue weighted by molar-refractivity contribution is 5.27. The molecule has 21 heavy (non-hydrogen) atoms. The number of alkyl halides is 1. The monoisotopic (exact) mass is 297 g/mol. The molecule has 0 aromatic heterocycles. The van der Waals surface area contributed by atoms with Crippen molar-refractivity contribution in [2.45, 2.75) is 51.0 Å². The molecule has 1 atom stereocenters. The number of ether oxygens (including phenoxy) is 1. The zero-order chi connectivity index (χ0) is 15.6. The lowest BCUT2D eigenvalue weighted by atomic mass is 9.95. The van der Waals surface area contributed by atoms with Crippen LogP contribution in [0.2, 0.25) is 0 Å². The van der Waals surface area contributed by atoms with E-state index in [-0.39, 0.29) is 13.3 Å².